The van der Waals surface area contributed by atoms with Crippen molar-refractivity contribution >= 4 is 34.3 Å². The third-order valence-corrected chi connectivity index (χ3v) is 3.35. The number of allylic oxidation sites excluding steroid dienone is 1. The highest BCUT2D eigenvalue weighted by Gasteiger charge is 2.08. The Labute approximate surface area is 125 Å². The summed E-state index contributed by atoms with van der Waals surface area (Å²) in [6.07, 6.45) is 1.67. The van der Waals surface area contributed by atoms with Gasteiger partial charge in [-0.15, -0.1) is 0 Å². The highest BCUT2D eigenvalue weighted by Crippen LogP contribution is 2.26. The minimum Gasteiger partial charge on any atom is -0.506 e. The Balaban J connectivity index is 2.06. The molecule has 2 aromatic carbocycles. The number of fused-ring (bicyclic) bond motifs is 1. The monoisotopic (exact) mass is 295 g/mol. The number of phenols is 1. The number of hydrogen-bond donors (Lipinski definition) is 2. The maximum Gasteiger partial charge on any atom is 0.149 e. The molecule has 0 bridgehead atoms. The summed E-state index contributed by atoms with van der Waals surface area (Å²) in [5.41, 5.74) is 2.79. The van der Waals surface area contributed by atoms with Crippen LogP contribution in [0.3, 0.4) is 0 Å². The van der Waals surface area contributed by atoms with Gasteiger partial charge >= 0.3 is 0 Å². The van der Waals surface area contributed by atoms with E-state index in [2.05, 4.69) is 16.0 Å². The van der Waals surface area contributed by atoms with E-state index in [-0.39, 0.29) is 10.8 Å². The predicted molar refractivity (Wildman–Crippen MR) is 82.7 cm³/mol. The molecule has 0 aliphatic heterocycles. The number of aromatic hydroxyl groups is 1. The highest BCUT2D eigenvalue weighted by molar-refractivity contribution is 6.32. The molecule has 0 saturated carbocycles. The number of H-pyrrole nitrogens is 1. The van der Waals surface area contributed by atoms with Crippen LogP contribution in [-0.2, 0) is 0 Å². The minimum absolute atomic E-state index is 0.0102. The number of halogens is 1. The van der Waals surface area contributed by atoms with Gasteiger partial charge < -0.3 is 10.1 Å². The van der Waals surface area contributed by atoms with Gasteiger partial charge in [-0.1, -0.05) is 29.8 Å². The molecule has 21 heavy (non-hydrogen) atoms. The SMILES string of the molecule is N#C/C(=C/c1ccc(O)c(Cl)c1)c1nc2ccccc2[nH]1. The maximum absolute atomic E-state index is 9.41. The zero-order chi connectivity index (χ0) is 14.8. The molecule has 1 heterocycles. The van der Waals surface area contributed by atoms with Gasteiger partial charge in [-0.25, -0.2) is 4.98 Å². The van der Waals surface area contributed by atoms with Gasteiger partial charge in [0, 0.05) is 0 Å². The number of imidazole rings is 1. The minimum atomic E-state index is 0.0102. The summed E-state index contributed by atoms with van der Waals surface area (Å²) in [7, 11) is 0. The molecule has 4 nitrogen and oxygen atoms in total. The Bertz CT molecular complexity index is 857. The van der Waals surface area contributed by atoms with Crippen molar-refractivity contribution in [2.75, 3.05) is 0 Å². The molecule has 0 saturated heterocycles. The lowest BCUT2D eigenvalue weighted by atomic mass is 10.1. The molecule has 0 atom stereocenters. The lowest BCUT2D eigenvalue weighted by molar-refractivity contribution is 0.475. The number of nitrogens with one attached hydrogen (secondary N) is 1. The first-order chi connectivity index (χ1) is 10.2. The fourth-order valence-electron chi connectivity index (χ4n) is 2.01. The number of nitrogens with zero attached hydrogens (tertiary/aromatic N) is 2. The van der Waals surface area contributed by atoms with E-state index in [0.29, 0.717) is 11.4 Å². The number of para-hydroxylation sites is 2. The van der Waals surface area contributed by atoms with Crippen molar-refractivity contribution in [1.82, 2.24) is 9.97 Å². The third-order valence-electron chi connectivity index (χ3n) is 3.05. The Hall–Kier alpha value is -2.77. The first-order valence-electron chi connectivity index (χ1n) is 6.23. The number of hydrogen-bond acceptors (Lipinski definition) is 3. The summed E-state index contributed by atoms with van der Waals surface area (Å²) in [6, 6.07) is 14.5. The third kappa shape index (κ3) is 2.60. The van der Waals surface area contributed by atoms with Gasteiger partial charge in [-0.2, -0.15) is 5.26 Å². The van der Waals surface area contributed by atoms with E-state index in [0.717, 1.165) is 16.6 Å². The summed E-state index contributed by atoms with van der Waals surface area (Å²) in [5.74, 6) is 0.513. The second-order valence-electron chi connectivity index (χ2n) is 4.48. The van der Waals surface area contributed by atoms with Crippen LogP contribution < -0.4 is 0 Å². The van der Waals surface area contributed by atoms with E-state index in [9.17, 15) is 10.4 Å². The first-order valence-corrected chi connectivity index (χ1v) is 6.60. The number of aromatic amines is 1. The standard InChI is InChI=1S/C16H10ClN3O/c17-12-8-10(5-6-15(12)21)7-11(9-18)16-19-13-3-1-2-4-14(13)20-16/h1-8,21H,(H,19,20)/b11-7-. The second kappa shape index (κ2) is 5.31. The van der Waals surface area contributed by atoms with Crippen LogP contribution in [-0.4, -0.2) is 15.1 Å². The largest absolute Gasteiger partial charge is 0.506 e. The number of aromatic nitrogens is 2. The molecule has 2 N–H and O–H groups in total. The normalized spacial score (nSPS) is 11.5. The zero-order valence-electron chi connectivity index (χ0n) is 10.8. The molecular formula is C16H10ClN3O. The van der Waals surface area contributed by atoms with Crippen LogP contribution in [0.2, 0.25) is 5.02 Å². The molecule has 0 spiro atoms. The number of rotatable bonds is 2. The molecule has 0 fully saturated rings. The fourth-order valence-corrected chi connectivity index (χ4v) is 2.20. The first kappa shape index (κ1) is 13.2. The molecule has 0 radical (unpaired) electrons. The van der Waals surface area contributed by atoms with Gasteiger partial charge in [0.25, 0.3) is 0 Å². The van der Waals surface area contributed by atoms with Gasteiger partial charge in [-0.05, 0) is 35.9 Å². The van der Waals surface area contributed by atoms with Crippen LogP contribution in [0.1, 0.15) is 11.4 Å². The summed E-state index contributed by atoms with van der Waals surface area (Å²) in [6.45, 7) is 0. The van der Waals surface area contributed by atoms with Crippen molar-refractivity contribution in [3.8, 4) is 11.8 Å². The molecule has 0 aliphatic carbocycles. The molecule has 5 heteroatoms. The van der Waals surface area contributed by atoms with Crippen LogP contribution in [0.25, 0.3) is 22.7 Å². The lowest BCUT2D eigenvalue weighted by Gasteiger charge is -1.99. The zero-order valence-corrected chi connectivity index (χ0v) is 11.6. The van der Waals surface area contributed by atoms with E-state index in [1.807, 2.05) is 24.3 Å². The van der Waals surface area contributed by atoms with Crippen molar-refractivity contribution in [2.45, 2.75) is 0 Å². The molecule has 3 aromatic rings. The smallest absolute Gasteiger partial charge is 0.149 e. The molecule has 0 aliphatic rings. The van der Waals surface area contributed by atoms with Gasteiger partial charge in [0.15, 0.2) is 0 Å². The Kier molecular flexibility index (Phi) is 3.35. The van der Waals surface area contributed by atoms with E-state index in [1.54, 1.807) is 18.2 Å². The van der Waals surface area contributed by atoms with Crippen LogP contribution >= 0.6 is 11.6 Å². The van der Waals surface area contributed by atoms with Gasteiger partial charge in [0.2, 0.25) is 0 Å². The summed E-state index contributed by atoms with van der Waals surface area (Å²) < 4.78 is 0. The van der Waals surface area contributed by atoms with E-state index >= 15 is 0 Å². The van der Waals surface area contributed by atoms with Crippen molar-refractivity contribution < 1.29 is 5.11 Å². The second-order valence-corrected chi connectivity index (χ2v) is 4.89. The van der Waals surface area contributed by atoms with Crippen LogP contribution in [0.5, 0.6) is 5.75 Å². The summed E-state index contributed by atoms with van der Waals surface area (Å²) in [5, 5.41) is 19.0. The number of nitriles is 1. The quantitative estimate of drug-likeness (QED) is 0.702. The molecular weight excluding hydrogens is 286 g/mol. The predicted octanol–water partition coefficient (Wildman–Crippen LogP) is 3.99. The van der Waals surface area contributed by atoms with E-state index in [1.165, 1.54) is 6.07 Å². The lowest BCUT2D eigenvalue weighted by Crippen LogP contribution is -1.85. The van der Waals surface area contributed by atoms with Gasteiger partial charge in [-0.3, -0.25) is 0 Å². The van der Waals surface area contributed by atoms with Crippen LogP contribution in [0.15, 0.2) is 42.5 Å². The van der Waals surface area contributed by atoms with Gasteiger partial charge in [0.05, 0.1) is 21.6 Å². The van der Waals surface area contributed by atoms with E-state index < -0.39 is 0 Å². The molecule has 102 valence electrons. The average Bonchev–Trinajstić information content (AvgIpc) is 2.92. The maximum atomic E-state index is 9.41. The Morgan fingerprint density at radius 2 is 2.10 bits per heavy atom. The summed E-state index contributed by atoms with van der Waals surface area (Å²) >= 11 is 5.87. The fraction of sp³-hybridized carbons (Fsp3) is 0. The van der Waals surface area contributed by atoms with Crippen LogP contribution in [0.4, 0.5) is 0 Å². The summed E-state index contributed by atoms with van der Waals surface area (Å²) in [4.78, 5) is 7.50. The average molecular weight is 296 g/mol. The molecule has 0 unspecified atom stereocenters. The Morgan fingerprint density at radius 3 is 2.81 bits per heavy atom. The molecule has 3 rings (SSSR count). The van der Waals surface area contributed by atoms with Crippen molar-refractivity contribution in [2.24, 2.45) is 0 Å². The van der Waals surface area contributed by atoms with E-state index in [4.69, 9.17) is 11.6 Å². The van der Waals surface area contributed by atoms with Crippen molar-refractivity contribution in [3.63, 3.8) is 0 Å². The van der Waals surface area contributed by atoms with Gasteiger partial charge in [0.1, 0.15) is 17.6 Å². The number of phenolic OH excluding ortho intramolecular Hbond substituents is 1. The Morgan fingerprint density at radius 1 is 1.29 bits per heavy atom. The molecule has 1 aromatic heterocycles. The number of benzene rings is 2. The topological polar surface area (TPSA) is 72.7 Å². The highest BCUT2D eigenvalue weighted by atomic mass is 35.5. The molecule has 0 amide bonds. The van der Waals surface area contributed by atoms with Crippen molar-refractivity contribution in [3.05, 3.63) is 58.9 Å². The van der Waals surface area contributed by atoms with Crippen LogP contribution in [0, 0.1) is 11.3 Å². The van der Waals surface area contributed by atoms with Crippen molar-refractivity contribution in [1.29, 1.82) is 5.26 Å².